The van der Waals surface area contributed by atoms with Crippen molar-refractivity contribution in [3.63, 3.8) is 0 Å². The second kappa shape index (κ2) is 8.24. The summed E-state index contributed by atoms with van der Waals surface area (Å²) in [6.07, 6.45) is -0.474. The van der Waals surface area contributed by atoms with Gasteiger partial charge in [-0.05, 0) is 74.9 Å². The zero-order chi connectivity index (χ0) is 28.2. The lowest BCUT2D eigenvalue weighted by atomic mass is 9.44. The van der Waals surface area contributed by atoms with E-state index in [0.29, 0.717) is 30.5 Å². The van der Waals surface area contributed by atoms with Gasteiger partial charge in [0.25, 0.3) is 0 Å². The average molecular weight is 550 g/mol. The molecule has 0 bridgehead atoms. The number of benzene rings is 1. The van der Waals surface area contributed by atoms with Crippen molar-refractivity contribution in [1.82, 2.24) is 0 Å². The van der Waals surface area contributed by atoms with Gasteiger partial charge in [0.2, 0.25) is 0 Å². The van der Waals surface area contributed by atoms with Crippen molar-refractivity contribution in [2.45, 2.75) is 63.1 Å². The number of carbonyl (C=O) groups is 2. The van der Waals surface area contributed by atoms with Gasteiger partial charge in [0.1, 0.15) is 6.61 Å². The summed E-state index contributed by atoms with van der Waals surface area (Å²) in [6, 6.07) is 4.43. The highest BCUT2D eigenvalue weighted by molar-refractivity contribution is 6.01. The molecule has 2 N–H and O–H groups in total. The molecule has 1 saturated heterocycles. The van der Waals surface area contributed by atoms with E-state index in [4.69, 9.17) is 4.84 Å². The Morgan fingerprint density at radius 2 is 1.87 bits per heavy atom. The first kappa shape index (κ1) is 26.7. The molecular weight excluding hydrogens is 518 g/mol. The van der Waals surface area contributed by atoms with Crippen molar-refractivity contribution in [3.05, 3.63) is 53.6 Å². The number of rotatable bonds is 3. The van der Waals surface area contributed by atoms with Crippen molar-refractivity contribution < 1.29 is 42.2 Å². The Bertz CT molecular complexity index is 1290. The number of Topliss-reactive ketones (excluding diaryl/α,β-unsaturated/α-hetero) is 1. The lowest BCUT2D eigenvalue weighted by Gasteiger charge is -2.62. The number of hydrogen-bond donors (Lipinski definition) is 2. The third-order valence-electron chi connectivity index (χ3n) is 10.7. The van der Waals surface area contributed by atoms with E-state index in [1.165, 1.54) is 29.3 Å². The summed E-state index contributed by atoms with van der Waals surface area (Å²) < 4.78 is 56.7. The number of aliphatic hydroxyl groups is 2. The van der Waals surface area contributed by atoms with Gasteiger partial charge in [-0.1, -0.05) is 18.6 Å². The van der Waals surface area contributed by atoms with E-state index in [0.717, 1.165) is 12.1 Å². The maximum Gasteiger partial charge on any atom is 0.416 e. The average Bonchev–Trinajstić information content (AvgIpc) is 3.38. The monoisotopic (exact) mass is 549 g/mol. The minimum atomic E-state index is -4.50. The number of alkyl halides is 4. The van der Waals surface area contributed by atoms with E-state index in [2.05, 4.69) is 0 Å². The first-order chi connectivity index (χ1) is 18.2. The lowest BCUT2D eigenvalue weighted by Crippen LogP contribution is -2.69. The smallest absolute Gasteiger partial charge is 0.390 e. The van der Waals surface area contributed by atoms with Crippen LogP contribution in [0.4, 0.5) is 23.2 Å². The van der Waals surface area contributed by atoms with Gasteiger partial charge in [-0.2, -0.15) is 13.2 Å². The number of fused-ring (bicyclic) bond motifs is 7. The molecule has 0 amide bonds. The van der Waals surface area contributed by atoms with Gasteiger partial charge in [-0.25, -0.2) is 4.39 Å². The van der Waals surface area contributed by atoms with Crippen LogP contribution in [0, 0.1) is 28.6 Å². The predicted octanol–water partition coefficient (Wildman–Crippen LogP) is 4.35. The van der Waals surface area contributed by atoms with Crippen LogP contribution in [0.3, 0.4) is 0 Å². The number of nitrogens with zero attached hydrogens (tertiary/aromatic N) is 1. The Labute approximate surface area is 223 Å². The Balaban J connectivity index is 1.39. The number of anilines is 1. The van der Waals surface area contributed by atoms with Crippen LogP contribution in [0.15, 0.2) is 48.1 Å². The first-order valence-electron chi connectivity index (χ1n) is 13.3. The minimum Gasteiger partial charge on any atom is -0.390 e. The molecule has 0 aromatic heterocycles. The second-order valence-electron chi connectivity index (χ2n) is 12.2. The largest absolute Gasteiger partial charge is 0.416 e. The number of ketones is 2. The van der Waals surface area contributed by atoms with Crippen LogP contribution in [0.2, 0.25) is 0 Å². The molecule has 5 aliphatic rings. The highest BCUT2D eigenvalue weighted by atomic mass is 19.4. The SMILES string of the molecule is C[C@]12C=CC(=O)C=C1CC[C@H]1[C@@H]3C[C@H]4CN(c5ccc(C(F)(F)F)cc5)O[C@@]4(C(=O)CO)[C@@]3(C)C[C@H](O)[C@@]12F. The number of hydrogen-bond acceptors (Lipinski definition) is 6. The molecule has 0 radical (unpaired) electrons. The van der Waals surface area contributed by atoms with Gasteiger partial charge in [0.05, 0.1) is 23.9 Å². The molecule has 4 aliphatic carbocycles. The molecule has 8 atom stereocenters. The summed E-state index contributed by atoms with van der Waals surface area (Å²) in [5.41, 5.74) is -5.71. The van der Waals surface area contributed by atoms with Gasteiger partial charge in [-0.3, -0.25) is 19.5 Å². The standard InChI is InChI=1S/C29H31F4NO5/c1-25-10-9-20(36)11-17(25)5-8-21-22-12-18-14-34(19-6-3-16(4-7-19)29(31,32)33)39-28(18,24(38)15-35)26(22,2)13-23(37)27(21,25)30/h3-4,6-7,9-11,18,21-23,35,37H,5,8,12-15H2,1-2H3/t18-,21-,22-,23-,25-,26-,27-,28-/m0/s1. The fourth-order valence-corrected chi connectivity index (χ4v) is 8.84. The molecule has 6 rings (SSSR count). The van der Waals surface area contributed by atoms with Crippen LogP contribution >= 0.6 is 0 Å². The molecule has 10 heteroatoms. The Kier molecular flexibility index (Phi) is 5.63. The molecule has 1 heterocycles. The number of allylic oxidation sites excluding steroid dienone is 4. The number of halogens is 4. The van der Waals surface area contributed by atoms with Crippen molar-refractivity contribution in [3.8, 4) is 0 Å². The third-order valence-corrected chi connectivity index (χ3v) is 10.7. The second-order valence-corrected chi connectivity index (χ2v) is 12.2. The van der Waals surface area contributed by atoms with Crippen molar-refractivity contribution in [2.24, 2.45) is 28.6 Å². The van der Waals surface area contributed by atoms with Crippen LogP contribution < -0.4 is 5.06 Å². The summed E-state index contributed by atoms with van der Waals surface area (Å²) in [4.78, 5) is 31.9. The normalized spacial score (nSPS) is 42.9. The van der Waals surface area contributed by atoms with E-state index < -0.39 is 64.2 Å². The summed E-state index contributed by atoms with van der Waals surface area (Å²) in [5.74, 6) is -2.28. The Morgan fingerprint density at radius 3 is 2.51 bits per heavy atom. The topological polar surface area (TPSA) is 87.1 Å². The molecular formula is C29H31F4NO5. The van der Waals surface area contributed by atoms with E-state index in [9.17, 15) is 33.0 Å². The Morgan fingerprint density at radius 1 is 1.18 bits per heavy atom. The highest BCUT2D eigenvalue weighted by Crippen LogP contribution is 2.72. The molecule has 6 nitrogen and oxygen atoms in total. The number of aliphatic hydroxyl groups excluding tert-OH is 2. The van der Waals surface area contributed by atoms with E-state index >= 15 is 4.39 Å². The molecule has 1 aliphatic heterocycles. The zero-order valence-electron chi connectivity index (χ0n) is 21.7. The maximum atomic E-state index is 17.4. The molecule has 3 saturated carbocycles. The van der Waals surface area contributed by atoms with Crippen LogP contribution in [0.5, 0.6) is 0 Å². The molecule has 39 heavy (non-hydrogen) atoms. The van der Waals surface area contributed by atoms with Gasteiger partial charge >= 0.3 is 6.18 Å². The zero-order valence-corrected chi connectivity index (χ0v) is 21.7. The highest BCUT2D eigenvalue weighted by Gasteiger charge is 2.78. The molecule has 1 aromatic rings. The van der Waals surface area contributed by atoms with Crippen LogP contribution in [-0.4, -0.2) is 52.3 Å². The number of hydroxylamine groups is 1. The maximum absolute atomic E-state index is 17.4. The molecule has 0 spiro atoms. The fourth-order valence-electron chi connectivity index (χ4n) is 8.84. The summed E-state index contributed by atoms with van der Waals surface area (Å²) >= 11 is 0. The van der Waals surface area contributed by atoms with Gasteiger partial charge in [0.15, 0.2) is 22.8 Å². The van der Waals surface area contributed by atoms with Crippen molar-refractivity contribution in [1.29, 1.82) is 0 Å². The van der Waals surface area contributed by atoms with E-state index in [-0.39, 0.29) is 24.7 Å². The van der Waals surface area contributed by atoms with Crippen LogP contribution in [-0.2, 0) is 20.6 Å². The first-order valence-corrected chi connectivity index (χ1v) is 13.3. The molecule has 210 valence electrons. The molecule has 0 unspecified atom stereocenters. The fraction of sp³-hybridized carbons (Fsp3) is 0.586. The van der Waals surface area contributed by atoms with Crippen LogP contribution in [0.25, 0.3) is 0 Å². The van der Waals surface area contributed by atoms with E-state index in [1.807, 2.05) is 0 Å². The Hall–Kier alpha value is -2.56. The predicted molar refractivity (Wildman–Crippen MR) is 132 cm³/mol. The van der Waals surface area contributed by atoms with E-state index in [1.54, 1.807) is 19.9 Å². The van der Waals surface area contributed by atoms with Crippen molar-refractivity contribution in [2.75, 3.05) is 18.2 Å². The molecule has 4 fully saturated rings. The molecule has 1 aromatic carbocycles. The van der Waals surface area contributed by atoms with Crippen LogP contribution in [0.1, 0.15) is 45.1 Å². The summed E-state index contributed by atoms with van der Waals surface area (Å²) in [7, 11) is 0. The van der Waals surface area contributed by atoms with Gasteiger partial charge < -0.3 is 10.2 Å². The van der Waals surface area contributed by atoms with Gasteiger partial charge in [-0.15, -0.1) is 0 Å². The minimum absolute atomic E-state index is 0.113. The van der Waals surface area contributed by atoms with Gasteiger partial charge in [0, 0.05) is 22.7 Å². The third kappa shape index (κ3) is 3.25. The lowest BCUT2D eigenvalue weighted by molar-refractivity contribution is -0.223. The quantitative estimate of drug-likeness (QED) is 0.546. The summed E-state index contributed by atoms with van der Waals surface area (Å²) in [6.45, 7) is 2.87. The number of carbonyl (C=O) groups excluding carboxylic acids is 2. The summed E-state index contributed by atoms with van der Waals surface area (Å²) in [5, 5.41) is 23.0. The van der Waals surface area contributed by atoms with Crippen molar-refractivity contribution >= 4 is 17.3 Å².